The van der Waals surface area contributed by atoms with Crippen molar-refractivity contribution >= 4 is 5.91 Å². The fraction of sp³-hybridized carbons (Fsp3) is 0.562. The lowest BCUT2D eigenvalue weighted by molar-refractivity contribution is 0.0709. The summed E-state index contributed by atoms with van der Waals surface area (Å²) in [5.74, 6) is -0.145. The number of nitrogens with one attached hydrogen (secondary N) is 1. The Kier molecular flexibility index (Phi) is 5.55. The van der Waals surface area contributed by atoms with Gasteiger partial charge in [-0.2, -0.15) is 0 Å². The minimum atomic E-state index is -0.627. The van der Waals surface area contributed by atoms with Crippen molar-refractivity contribution < 1.29 is 9.90 Å². The second-order valence-corrected chi connectivity index (χ2v) is 5.65. The van der Waals surface area contributed by atoms with Crippen molar-refractivity contribution in [3.63, 3.8) is 0 Å². The van der Waals surface area contributed by atoms with Crippen molar-refractivity contribution in [1.82, 2.24) is 5.32 Å². The fourth-order valence-corrected chi connectivity index (χ4v) is 1.67. The third-order valence-corrected chi connectivity index (χ3v) is 3.52. The predicted octanol–water partition coefficient (Wildman–Crippen LogP) is 2.92. The summed E-state index contributed by atoms with van der Waals surface area (Å²) in [6, 6.07) is 7.69. The number of unbranched alkanes of at least 4 members (excludes halogenated alkanes) is 1. The normalized spacial score (nSPS) is 13.1. The van der Waals surface area contributed by atoms with Crippen LogP contribution in [0.15, 0.2) is 24.3 Å². The number of rotatable bonds is 6. The number of aliphatic hydroxyl groups excluding tert-OH is 1. The SMILES string of the molecule is CCCCc1ccc(C(=O)NC(C)(C)C(C)O)cc1. The Morgan fingerprint density at radius 2 is 1.89 bits per heavy atom. The molecule has 0 saturated heterocycles. The van der Waals surface area contributed by atoms with Crippen LogP contribution in [0.4, 0.5) is 0 Å². The van der Waals surface area contributed by atoms with Gasteiger partial charge >= 0.3 is 0 Å². The van der Waals surface area contributed by atoms with Crippen LogP contribution in [0.25, 0.3) is 0 Å². The zero-order chi connectivity index (χ0) is 14.5. The molecule has 19 heavy (non-hydrogen) atoms. The summed E-state index contributed by atoms with van der Waals surface area (Å²) in [7, 11) is 0. The van der Waals surface area contributed by atoms with Gasteiger partial charge in [-0.3, -0.25) is 4.79 Å². The van der Waals surface area contributed by atoms with E-state index in [-0.39, 0.29) is 5.91 Å². The van der Waals surface area contributed by atoms with E-state index >= 15 is 0 Å². The van der Waals surface area contributed by atoms with Crippen molar-refractivity contribution in [3.05, 3.63) is 35.4 Å². The third-order valence-electron chi connectivity index (χ3n) is 3.52. The van der Waals surface area contributed by atoms with E-state index in [1.807, 2.05) is 38.1 Å². The van der Waals surface area contributed by atoms with Gasteiger partial charge in [0.05, 0.1) is 11.6 Å². The van der Waals surface area contributed by atoms with E-state index in [2.05, 4.69) is 12.2 Å². The van der Waals surface area contributed by atoms with Crippen molar-refractivity contribution in [3.8, 4) is 0 Å². The lowest BCUT2D eigenvalue weighted by Gasteiger charge is -2.29. The number of hydrogen-bond acceptors (Lipinski definition) is 2. The molecule has 0 saturated carbocycles. The van der Waals surface area contributed by atoms with Gasteiger partial charge in [0, 0.05) is 5.56 Å². The molecular formula is C16H25NO2. The summed E-state index contributed by atoms with van der Waals surface area (Å²) in [6.07, 6.45) is 2.79. The molecule has 0 aliphatic heterocycles. The van der Waals surface area contributed by atoms with Crippen LogP contribution in [-0.4, -0.2) is 22.7 Å². The number of amides is 1. The summed E-state index contributed by atoms with van der Waals surface area (Å²) in [5.41, 5.74) is 1.26. The van der Waals surface area contributed by atoms with Crippen molar-refractivity contribution in [2.24, 2.45) is 0 Å². The monoisotopic (exact) mass is 263 g/mol. The first kappa shape index (κ1) is 15.7. The van der Waals surface area contributed by atoms with Crippen LogP contribution in [0.5, 0.6) is 0 Å². The van der Waals surface area contributed by atoms with Gasteiger partial charge in [-0.05, 0) is 51.3 Å². The van der Waals surface area contributed by atoms with Crippen LogP contribution in [0.3, 0.4) is 0 Å². The maximum atomic E-state index is 12.1. The maximum absolute atomic E-state index is 12.1. The highest BCUT2D eigenvalue weighted by Gasteiger charge is 2.26. The van der Waals surface area contributed by atoms with Gasteiger partial charge in [0.25, 0.3) is 5.91 Å². The van der Waals surface area contributed by atoms with E-state index < -0.39 is 11.6 Å². The minimum Gasteiger partial charge on any atom is -0.391 e. The van der Waals surface area contributed by atoms with Crippen LogP contribution in [0, 0.1) is 0 Å². The standard InChI is InChI=1S/C16H25NO2/c1-5-6-7-13-8-10-14(11-9-13)15(19)17-16(3,4)12(2)18/h8-12,18H,5-7H2,1-4H3,(H,17,19). The Bertz CT molecular complexity index is 407. The fourth-order valence-electron chi connectivity index (χ4n) is 1.67. The largest absolute Gasteiger partial charge is 0.391 e. The van der Waals surface area contributed by atoms with E-state index in [0.29, 0.717) is 5.56 Å². The molecule has 0 spiro atoms. The Morgan fingerprint density at radius 1 is 1.32 bits per heavy atom. The number of benzene rings is 1. The Labute approximate surface area is 116 Å². The summed E-state index contributed by atoms with van der Waals surface area (Å²) in [4.78, 5) is 12.1. The molecule has 1 amide bonds. The zero-order valence-corrected chi connectivity index (χ0v) is 12.4. The molecule has 1 unspecified atom stereocenters. The van der Waals surface area contributed by atoms with Crippen LogP contribution in [0.2, 0.25) is 0 Å². The molecule has 1 rings (SSSR count). The lowest BCUT2D eigenvalue weighted by Crippen LogP contribution is -2.50. The van der Waals surface area contributed by atoms with Crippen LogP contribution >= 0.6 is 0 Å². The van der Waals surface area contributed by atoms with E-state index in [4.69, 9.17) is 0 Å². The van der Waals surface area contributed by atoms with Crippen molar-refractivity contribution in [2.75, 3.05) is 0 Å². The first-order chi connectivity index (χ1) is 8.86. The molecule has 0 heterocycles. The molecule has 1 atom stereocenters. The summed E-state index contributed by atoms with van der Waals surface area (Å²) in [6.45, 7) is 7.46. The second kappa shape index (κ2) is 6.71. The zero-order valence-electron chi connectivity index (χ0n) is 12.4. The van der Waals surface area contributed by atoms with Crippen LogP contribution in [0.1, 0.15) is 56.5 Å². The summed E-state index contributed by atoms with van der Waals surface area (Å²) < 4.78 is 0. The van der Waals surface area contributed by atoms with Gasteiger partial charge in [0.15, 0.2) is 0 Å². The first-order valence-electron chi connectivity index (χ1n) is 6.96. The van der Waals surface area contributed by atoms with Gasteiger partial charge in [-0.15, -0.1) is 0 Å². The highest BCUT2D eigenvalue weighted by molar-refractivity contribution is 5.94. The van der Waals surface area contributed by atoms with E-state index in [0.717, 1.165) is 6.42 Å². The van der Waals surface area contributed by atoms with E-state index in [1.165, 1.54) is 18.4 Å². The molecule has 2 N–H and O–H groups in total. The summed E-state index contributed by atoms with van der Waals surface area (Å²) in [5, 5.41) is 12.4. The number of aryl methyl sites for hydroxylation is 1. The Balaban J connectivity index is 2.68. The Morgan fingerprint density at radius 3 is 2.37 bits per heavy atom. The van der Waals surface area contributed by atoms with Gasteiger partial charge in [0.2, 0.25) is 0 Å². The smallest absolute Gasteiger partial charge is 0.251 e. The first-order valence-corrected chi connectivity index (χ1v) is 6.96. The molecule has 1 aromatic carbocycles. The number of aliphatic hydroxyl groups is 1. The average molecular weight is 263 g/mol. The van der Waals surface area contributed by atoms with E-state index in [9.17, 15) is 9.90 Å². The van der Waals surface area contributed by atoms with Gasteiger partial charge in [-0.1, -0.05) is 25.5 Å². The molecule has 0 aromatic heterocycles. The summed E-state index contributed by atoms with van der Waals surface area (Å²) >= 11 is 0. The number of hydrogen-bond donors (Lipinski definition) is 2. The quantitative estimate of drug-likeness (QED) is 0.829. The van der Waals surface area contributed by atoms with Crippen LogP contribution < -0.4 is 5.32 Å². The predicted molar refractivity (Wildman–Crippen MR) is 78.3 cm³/mol. The average Bonchev–Trinajstić information content (AvgIpc) is 2.36. The molecule has 106 valence electrons. The maximum Gasteiger partial charge on any atom is 0.251 e. The number of carbonyl (C=O) groups is 1. The molecule has 1 aromatic rings. The van der Waals surface area contributed by atoms with Gasteiger partial charge in [0.1, 0.15) is 0 Å². The lowest BCUT2D eigenvalue weighted by atomic mass is 9.98. The molecule has 3 heteroatoms. The third kappa shape index (κ3) is 4.67. The molecular weight excluding hydrogens is 238 g/mol. The molecule has 0 aliphatic rings. The van der Waals surface area contributed by atoms with Gasteiger partial charge < -0.3 is 10.4 Å². The van der Waals surface area contributed by atoms with E-state index in [1.54, 1.807) is 6.92 Å². The van der Waals surface area contributed by atoms with Crippen molar-refractivity contribution in [1.29, 1.82) is 0 Å². The topological polar surface area (TPSA) is 49.3 Å². The molecule has 0 bridgehead atoms. The van der Waals surface area contributed by atoms with Crippen LogP contribution in [-0.2, 0) is 6.42 Å². The molecule has 0 radical (unpaired) electrons. The molecule has 3 nitrogen and oxygen atoms in total. The minimum absolute atomic E-state index is 0.145. The second-order valence-electron chi connectivity index (χ2n) is 5.65. The Hall–Kier alpha value is -1.35. The molecule has 0 aliphatic carbocycles. The van der Waals surface area contributed by atoms with Gasteiger partial charge in [-0.25, -0.2) is 0 Å². The highest BCUT2D eigenvalue weighted by atomic mass is 16.3. The van der Waals surface area contributed by atoms with Crippen molar-refractivity contribution in [2.45, 2.75) is 58.6 Å². The molecule has 0 fully saturated rings. The number of carbonyl (C=O) groups excluding carboxylic acids is 1. The highest BCUT2D eigenvalue weighted by Crippen LogP contribution is 2.12.